The standard InChI is InChI=1S/C15H15NO4S2/c1-3-21-13(7-16)15(22-8-14(17)18-2)10-4-5-11-12(6-10)20-9-19-11/h4-6H,3,8-9H2,1-2H3/b15-13+. The number of allylic oxidation sites excluding steroid dienone is 1. The third kappa shape index (κ3) is 3.90. The zero-order valence-electron chi connectivity index (χ0n) is 12.3. The van der Waals surface area contributed by atoms with Crippen LogP contribution in [0.4, 0.5) is 0 Å². The van der Waals surface area contributed by atoms with Crippen molar-refractivity contribution in [2.45, 2.75) is 6.92 Å². The monoisotopic (exact) mass is 337 g/mol. The highest BCUT2D eigenvalue weighted by atomic mass is 32.2. The van der Waals surface area contributed by atoms with E-state index in [2.05, 4.69) is 10.8 Å². The number of ether oxygens (including phenoxy) is 3. The van der Waals surface area contributed by atoms with Crippen LogP contribution in [0.3, 0.4) is 0 Å². The van der Waals surface area contributed by atoms with Crippen LogP contribution in [0.25, 0.3) is 4.91 Å². The lowest BCUT2D eigenvalue weighted by Gasteiger charge is -2.10. The van der Waals surface area contributed by atoms with Crippen LogP contribution >= 0.6 is 23.5 Å². The van der Waals surface area contributed by atoms with Gasteiger partial charge in [-0.3, -0.25) is 4.79 Å². The summed E-state index contributed by atoms with van der Waals surface area (Å²) in [6, 6.07) is 7.71. The van der Waals surface area contributed by atoms with Crippen molar-refractivity contribution in [3.8, 4) is 17.6 Å². The molecule has 0 atom stereocenters. The first kappa shape index (κ1) is 16.6. The van der Waals surface area contributed by atoms with E-state index in [0.717, 1.165) is 16.2 Å². The normalized spacial score (nSPS) is 13.3. The van der Waals surface area contributed by atoms with E-state index in [4.69, 9.17) is 9.47 Å². The molecule has 22 heavy (non-hydrogen) atoms. The number of thioether (sulfide) groups is 2. The van der Waals surface area contributed by atoms with Gasteiger partial charge in [0.25, 0.3) is 0 Å². The highest BCUT2D eigenvalue weighted by Gasteiger charge is 2.18. The maximum atomic E-state index is 11.4. The van der Waals surface area contributed by atoms with Gasteiger partial charge in [-0.15, -0.1) is 23.5 Å². The molecular formula is C15H15NO4S2. The van der Waals surface area contributed by atoms with E-state index in [1.807, 2.05) is 25.1 Å². The van der Waals surface area contributed by atoms with Crippen LogP contribution in [0.5, 0.6) is 11.5 Å². The van der Waals surface area contributed by atoms with Crippen LogP contribution in [-0.2, 0) is 9.53 Å². The number of methoxy groups -OCH3 is 1. The van der Waals surface area contributed by atoms with E-state index < -0.39 is 0 Å². The molecule has 1 aliphatic heterocycles. The lowest BCUT2D eigenvalue weighted by Crippen LogP contribution is -2.03. The summed E-state index contributed by atoms with van der Waals surface area (Å²) in [6.45, 7) is 2.17. The fourth-order valence-corrected chi connectivity index (χ4v) is 3.61. The summed E-state index contributed by atoms with van der Waals surface area (Å²) in [6.07, 6.45) is 0. The molecule has 0 aromatic heterocycles. The smallest absolute Gasteiger partial charge is 0.315 e. The minimum absolute atomic E-state index is 0.149. The Morgan fingerprint density at radius 2 is 2.14 bits per heavy atom. The van der Waals surface area contributed by atoms with Gasteiger partial charge in [-0.05, 0) is 29.5 Å². The summed E-state index contributed by atoms with van der Waals surface area (Å²) in [5.74, 6) is 1.92. The van der Waals surface area contributed by atoms with Crippen LogP contribution in [0.15, 0.2) is 23.1 Å². The molecule has 116 valence electrons. The second-order valence-electron chi connectivity index (χ2n) is 4.14. The minimum atomic E-state index is -0.331. The molecule has 1 aromatic carbocycles. The average molecular weight is 337 g/mol. The van der Waals surface area contributed by atoms with Crippen LogP contribution in [0.1, 0.15) is 12.5 Å². The molecule has 0 N–H and O–H groups in total. The number of esters is 1. The van der Waals surface area contributed by atoms with Gasteiger partial charge in [-0.1, -0.05) is 6.92 Å². The van der Waals surface area contributed by atoms with Crippen LogP contribution in [0.2, 0.25) is 0 Å². The van der Waals surface area contributed by atoms with Gasteiger partial charge in [-0.25, -0.2) is 0 Å². The molecule has 0 unspecified atom stereocenters. The van der Waals surface area contributed by atoms with Gasteiger partial charge in [0.05, 0.1) is 17.8 Å². The van der Waals surface area contributed by atoms with Gasteiger partial charge in [0, 0.05) is 4.91 Å². The third-order valence-electron chi connectivity index (χ3n) is 2.79. The largest absolute Gasteiger partial charge is 0.468 e. The van der Waals surface area contributed by atoms with E-state index >= 15 is 0 Å². The summed E-state index contributed by atoms with van der Waals surface area (Å²) in [7, 11) is 1.35. The van der Waals surface area contributed by atoms with Crippen molar-refractivity contribution in [2.24, 2.45) is 0 Å². The summed E-state index contributed by atoms with van der Waals surface area (Å²) < 4.78 is 15.3. The highest BCUT2D eigenvalue weighted by molar-refractivity contribution is 8.11. The van der Waals surface area contributed by atoms with E-state index in [9.17, 15) is 10.1 Å². The lowest BCUT2D eigenvalue weighted by molar-refractivity contribution is -0.137. The Morgan fingerprint density at radius 1 is 1.36 bits per heavy atom. The Morgan fingerprint density at radius 3 is 2.82 bits per heavy atom. The minimum Gasteiger partial charge on any atom is -0.468 e. The van der Waals surface area contributed by atoms with Crippen molar-refractivity contribution in [1.82, 2.24) is 0 Å². The number of carbonyl (C=O) groups is 1. The molecule has 0 amide bonds. The molecule has 5 nitrogen and oxygen atoms in total. The predicted octanol–water partition coefficient (Wildman–Crippen LogP) is 3.27. The number of hydrogen-bond acceptors (Lipinski definition) is 7. The summed E-state index contributed by atoms with van der Waals surface area (Å²) in [4.78, 5) is 12.7. The Bertz CT molecular complexity index is 637. The molecule has 0 fully saturated rings. The Kier molecular flexibility index (Phi) is 6.04. The third-order valence-corrected chi connectivity index (χ3v) is 4.90. The Hall–Kier alpha value is -1.78. The van der Waals surface area contributed by atoms with Crippen LogP contribution < -0.4 is 9.47 Å². The van der Waals surface area contributed by atoms with Crippen molar-refractivity contribution in [3.05, 3.63) is 28.7 Å². The van der Waals surface area contributed by atoms with Crippen molar-refractivity contribution in [2.75, 3.05) is 25.4 Å². The van der Waals surface area contributed by atoms with Gasteiger partial charge in [0.2, 0.25) is 6.79 Å². The quantitative estimate of drug-likeness (QED) is 0.583. The first-order valence-electron chi connectivity index (χ1n) is 6.56. The fraction of sp³-hybridized carbons (Fsp3) is 0.333. The molecule has 2 rings (SSSR count). The van der Waals surface area contributed by atoms with Crippen molar-refractivity contribution < 1.29 is 19.0 Å². The lowest BCUT2D eigenvalue weighted by atomic mass is 10.2. The molecule has 0 bridgehead atoms. The van der Waals surface area contributed by atoms with E-state index in [0.29, 0.717) is 16.4 Å². The number of nitriles is 1. The fourth-order valence-electron chi connectivity index (χ4n) is 1.80. The topological polar surface area (TPSA) is 68.6 Å². The molecule has 0 saturated heterocycles. The molecule has 0 radical (unpaired) electrons. The Balaban J connectivity index is 2.35. The van der Waals surface area contributed by atoms with Crippen molar-refractivity contribution in [3.63, 3.8) is 0 Å². The molecule has 1 aromatic rings. The summed E-state index contributed by atoms with van der Waals surface area (Å²) >= 11 is 2.74. The van der Waals surface area contributed by atoms with Crippen LogP contribution in [-0.4, -0.2) is 31.4 Å². The van der Waals surface area contributed by atoms with Crippen LogP contribution in [0, 0.1) is 11.3 Å². The Labute approximate surface area is 137 Å². The highest BCUT2D eigenvalue weighted by Crippen LogP contribution is 2.40. The summed E-state index contributed by atoms with van der Waals surface area (Å²) in [5, 5.41) is 9.39. The van der Waals surface area contributed by atoms with Gasteiger partial charge < -0.3 is 14.2 Å². The molecule has 0 aliphatic carbocycles. The van der Waals surface area contributed by atoms with Gasteiger partial charge >= 0.3 is 5.97 Å². The SMILES string of the molecule is CCS/C(C#N)=C(/SCC(=O)OC)c1ccc2c(c1)OCO2. The molecule has 7 heteroatoms. The maximum absolute atomic E-state index is 11.4. The molecule has 0 saturated carbocycles. The molecule has 0 spiro atoms. The number of carbonyl (C=O) groups excluding carboxylic acids is 1. The second-order valence-corrected chi connectivity index (χ2v) is 6.40. The van der Waals surface area contributed by atoms with Gasteiger partial charge in [0.15, 0.2) is 11.5 Å². The molecule has 1 heterocycles. The number of rotatable bonds is 6. The average Bonchev–Trinajstić information content (AvgIpc) is 3.01. The van der Waals surface area contributed by atoms with E-state index in [1.165, 1.54) is 30.6 Å². The maximum Gasteiger partial charge on any atom is 0.315 e. The predicted molar refractivity (Wildman–Crippen MR) is 87.7 cm³/mol. The van der Waals surface area contributed by atoms with E-state index in [1.54, 1.807) is 0 Å². The number of hydrogen-bond donors (Lipinski definition) is 0. The van der Waals surface area contributed by atoms with Gasteiger partial charge in [-0.2, -0.15) is 5.26 Å². The molecular weight excluding hydrogens is 322 g/mol. The second kappa shape index (κ2) is 8.01. The van der Waals surface area contributed by atoms with Crippen molar-refractivity contribution >= 4 is 34.4 Å². The zero-order valence-corrected chi connectivity index (χ0v) is 13.9. The number of fused-ring (bicyclic) bond motifs is 1. The zero-order chi connectivity index (χ0) is 15.9. The summed E-state index contributed by atoms with van der Waals surface area (Å²) in [5.41, 5.74) is 0.829. The van der Waals surface area contributed by atoms with E-state index in [-0.39, 0.29) is 18.5 Å². The first-order chi connectivity index (χ1) is 10.7. The number of nitrogens with zero attached hydrogens (tertiary/aromatic N) is 1. The van der Waals surface area contributed by atoms with Crippen molar-refractivity contribution in [1.29, 1.82) is 5.26 Å². The first-order valence-corrected chi connectivity index (χ1v) is 8.53. The molecule has 1 aliphatic rings. The van der Waals surface area contributed by atoms with Gasteiger partial charge in [0.1, 0.15) is 6.07 Å². The number of benzene rings is 1.